The highest BCUT2D eigenvalue weighted by molar-refractivity contribution is 5.95. The molecule has 11 nitrogen and oxygen atoms in total. The highest BCUT2D eigenvalue weighted by atomic mass is 16.7. The van der Waals surface area contributed by atoms with Crippen molar-refractivity contribution in [1.29, 1.82) is 0 Å². The number of pyridine rings is 2. The number of hydrogen-bond donors (Lipinski definition) is 1. The molecule has 0 aliphatic carbocycles. The summed E-state index contributed by atoms with van der Waals surface area (Å²) in [5, 5.41) is 3.94. The summed E-state index contributed by atoms with van der Waals surface area (Å²) >= 11 is 0. The smallest absolute Gasteiger partial charge is 0.457 e. The second kappa shape index (κ2) is 15.1. The zero-order valence-corrected chi connectivity index (χ0v) is 30.4. The van der Waals surface area contributed by atoms with E-state index in [4.69, 9.17) is 19.2 Å². The number of carbonyl (C=O) groups excluding carboxylic acids is 4. The predicted molar refractivity (Wildman–Crippen MR) is 196 cm³/mol. The van der Waals surface area contributed by atoms with Gasteiger partial charge in [0, 0.05) is 34.5 Å². The van der Waals surface area contributed by atoms with Crippen LogP contribution in [-0.4, -0.2) is 33.4 Å². The third kappa shape index (κ3) is 6.96. The van der Waals surface area contributed by atoms with Crippen molar-refractivity contribution in [2.24, 2.45) is 5.92 Å². The number of anilines is 1. The predicted octanol–water partition coefficient (Wildman–Crippen LogP) is 7.43. The molecule has 2 aromatic carbocycles. The Hall–Kier alpha value is -5.32. The van der Waals surface area contributed by atoms with Crippen molar-refractivity contribution in [2.75, 3.05) is 5.32 Å². The summed E-state index contributed by atoms with van der Waals surface area (Å²) in [6.45, 7) is 9.31. The number of esters is 1. The van der Waals surface area contributed by atoms with E-state index in [1.165, 1.54) is 6.92 Å². The molecule has 0 spiro atoms. The van der Waals surface area contributed by atoms with Crippen molar-refractivity contribution in [3.8, 4) is 11.4 Å². The quantitative estimate of drug-likeness (QED) is 0.0977. The van der Waals surface area contributed by atoms with Gasteiger partial charge in [-0.25, -0.2) is 14.6 Å². The fraction of sp³-hybridized carbons (Fsp3) is 0.415. The number of Topliss-reactive ketones (excluding diaryl/α,β-unsaturated/α-hetero) is 1. The van der Waals surface area contributed by atoms with Gasteiger partial charge in [-0.3, -0.25) is 9.59 Å². The van der Waals surface area contributed by atoms with Crippen LogP contribution in [0.3, 0.4) is 0 Å². The summed E-state index contributed by atoms with van der Waals surface area (Å²) in [4.78, 5) is 70.3. The Kier molecular flexibility index (Phi) is 10.6. The van der Waals surface area contributed by atoms with E-state index in [2.05, 4.69) is 25.2 Å². The number of fused-ring (bicyclic) bond motifs is 5. The number of hydrogen-bond acceptors (Lipinski definition) is 9. The summed E-state index contributed by atoms with van der Waals surface area (Å²) in [5.41, 5.74) is 4.71. The summed E-state index contributed by atoms with van der Waals surface area (Å²) in [6, 6.07) is 14.6. The largest absolute Gasteiger partial charge is 0.510 e. The standard InChI is InChI=1S/C41H45N3O8/c1-6-9-10-11-27(19-25(5)45)37(46)42-28-15-13-26(14-16-28)22-51-40(49)52-41(8-3)33-20-35-36-31(21-44(35)38(47)32(33)23-50-39(41)48)29(7-2)30-18-24(4)12-17-34(30)43-36/h12-18,20,27H,6-11,19,21-23H2,1-5H3,(H,42,46). The molecule has 272 valence electrons. The number of ketones is 1. The maximum Gasteiger partial charge on any atom is 0.510 e. The molecule has 52 heavy (non-hydrogen) atoms. The second-order valence-electron chi connectivity index (χ2n) is 13.8. The molecule has 0 radical (unpaired) electrons. The van der Waals surface area contributed by atoms with Crippen molar-refractivity contribution in [2.45, 2.75) is 105 Å². The second-order valence-corrected chi connectivity index (χ2v) is 13.8. The van der Waals surface area contributed by atoms with E-state index >= 15 is 0 Å². The van der Waals surface area contributed by atoms with Crippen LogP contribution in [0.1, 0.15) is 99.6 Å². The first-order valence-corrected chi connectivity index (χ1v) is 18.1. The fourth-order valence-corrected chi connectivity index (χ4v) is 7.39. The minimum Gasteiger partial charge on any atom is -0.457 e. The molecule has 0 saturated carbocycles. The van der Waals surface area contributed by atoms with Crippen LogP contribution in [0, 0.1) is 12.8 Å². The van der Waals surface area contributed by atoms with Crippen LogP contribution in [0.25, 0.3) is 22.3 Å². The zero-order valence-electron chi connectivity index (χ0n) is 30.4. The minimum atomic E-state index is -1.90. The van der Waals surface area contributed by atoms with E-state index in [1.807, 2.05) is 19.1 Å². The number of carbonyl (C=O) groups is 4. The lowest BCUT2D eigenvalue weighted by Crippen LogP contribution is -2.47. The van der Waals surface area contributed by atoms with Crippen LogP contribution in [0.5, 0.6) is 0 Å². The SMILES string of the molecule is CCCCCC(CC(C)=O)C(=O)Nc1ccc(COC(=O)OC2(CC)C(=O)OCc3c2cc2n(c3=O)Cc3c-2nc2ccc(C)cc2c3CC)cc1. The van der Waals surface area contributed by atoms with Crippen molar-refractivity contribution >= 4 is 40.4 Å². The minimum absolute atomic E-state index is 0.00574. The Bertz CT molecular complexity index is 2120. The zero-order chi connectivity index (χ0) is 37.2. The van der Waals surface area contributed by atoms with E-state index < -0.39 is 23.6 Å². The van der Waals surface area contributed by atoms with Gasteiger partial charge in [0.15, 0.2) is 0 Å². The molecule has 2 atom stereocenters. The number of amides is 1. The van der Waals surface area contributed by atoms with E-state index in [0.29, 0.717) is 35.6 Å². The number of cyclic esters (lactones) is 1. The van der Waals surface area contributed by atoms with Gasteiger partial charge in [-0.2, -0.15) is 0 Å². The fourth-order valence-electron chi connectivity index (χ4n) is 7.39. The van der Waals surface area contributed by atoms with Gasteiger partial charge in [0.1, 0.15) is 19.0 Å². The normalized spacial score (nSPS) is 16.4. The summed E-state index contributed by atoms with van der Waals surface area (Å²) in [7, 11) is 0. The van der Waals surface area contributed by atoms with Crippen molar-refractivity contribution in [3.05, 3.63) is 92.3 Å². The number of aryl methyl sites for hydroxylation is 2. The van der Waals surface area contributed by atoms with Crippen LogP contribution in [0.4, 0.5) is 10.5 Å². The maximum atomic E-state index is 14.0. The summed E-state index contributed by atoms with van der Waals surface area (Å²) < 4.78 is 18.4. The average molecular weight is 708 g/mol. The lowest BCUT2D eigenvalue weighted by molar-refractivity contribution is -0.175. The van der Waals surface area contributed by atoms with E-state index in [9.17, 15) is 24.0 Å². The first-order valence-electron chi connectivity index (χ1n) is 18.1. The Labute approximate surface area is 302 Å². The van der Waals surface area contributed by atoms with Gasteiger partial charge in [-0.1, -0.05) is 63.8 Å². The molecule has 4 aromatic rings. The van der Waals surface area contributed by atoms with Crippen LogP contribution < -0.4 is 10.9 Å². The molecule has 2 aromatic heterocycles. The molecule has 6 rings (SSSR count). The van der Waals surface area contributed by atoms with Gasteiger partial charge >= 0.3 is 12.1 Å². The summed E-state index contributed by atoms with van der Waals surface area (Å²) in [5.74, 6) is -1.41. The number of ether oxygens (including phenoxy) is 3. The van der Waals surface area contributed by atoms with Crippen molar-refractivity contribution in [3.63, 3.8) is 0 Å². The first-order chi connectivity index (χ1) is 25.0. The average Bonchev–Trinajstić information content (AvgIpc) is 3.49. The lowest BCUT2D eigenvalue weighted by Gasteiger charge is -2.35. The molecule has 4 heterocycles. The molecule has 1 N–H and O–H groups in total. The molecular formula is C41H45N3O8. The van der Waals surface area contributed by atoms with Crippen LogP contribution in [0.15, 0.2) is 53.3 Å². The van der Waals surface area contributed by atoms with Crippen LogP contribution in [-0.2, 0) is 60.4 Å². The van der Waals surface area contributed by atoms with Gasteiger partial charge in [0.05, 0.1) is 29.0 Å². The van der Waals surface area contributed by atoms with Gasteiger partial charge in [0.2, 0.25) is 11.5 Å². The number of nitrogens with one attached hydrogen (secondary N) is 1. The topological polar surface area (TPSA) is 143 Å². The lowest BCUT2D eigenvalue weighted by atomic mass is 9.85. The number of benzene rings is 2. The highest BCUT2D eigenvalue weighted by Crippen LogP contribution is 2.42. The van der Waals surface area contributed by atoms with Gasteiger partial charge in [-0.05, 0) is 74.6 Å². The molecule has 2 aliphatic rings. The van der Waals surface area contributed by atoms with Crippen LogP contribution in [0.2, 0.25) is 0 Å². The van der Waals surface area contributed by atoms with Gasteiger partial charge in [0.25, 0.3) is 5.56 Å². The van der Waals surface area contributed by atoms with Crippen molar-refractivity contribution < 1.29 is 33.4 Å². The monoisotopic (exact) mass is 707 g/mol. The number of unbranched alkanes of at least 4 members (excludes halogenated alkanes) is 2. The van der Waals surface area contributed by atoms with Gasteiger partial charge in [-0.15, -0.1) is 0 Å². The molecular weight excluding hydrogens is 662 g/mol. The third-order valence-corrected chi connectivity index (χ3v) is 10.2. The Balaban J connectivity index is 1.20. The molecule has 1 amide bonds. The number of aromatic nitrogens is 2. The molecule has 11 heteroatoms. The van der Waals surface area contributed by atoms with Crippen molar-refractivity contribution in [1.82, 2.24) is 9.55 Å². The molecule has 0 bridgehead atoms. The van der Waals surface area contributed by atoms with Gasteiger partial charge < -0.3 is 28.9 Å². The first kappa shape index (κ1) is 36.5. The van der Waals surface area contributed by atoms with E-state index in [0.717, 1.165) is 53.3 Å². The summed E-state index contributed by atoms with van der Waals surface area (Å²) in [6.07, 6.45) is 3.38. The Morgan fingerprint density at radius 3 is 2.48 bits per heavy atom. The number of rotatable bonds is 13. The molecule has 0 saturated heterocycles. The molecule has 0 fully saturated rings. The van der Waals surface area contributed by atoms with Crippen LogP contribution >= 0.6 is 0 Å². The Morgan fingerprint density at radius 1 is 1.02 bits per heavy atom. The van der Waals surface area contributed by atoms with E-state index in [-0.39, 0.29) is 54.4 Å². The third-order valence-electron chi connectivity index (χ3n) is 10.2. The Morgan fingerprint density at radius 2 is 1.79 bits per heavy atom. The maximum absolute atomic E-state index is 14.0. The molecule has 2 aliphatic heterocycles. The van der Waals surface area contributed by atoms with E-state index in [1.54, 1.807) is 41.8 Å². The highest BCUT2D eigenvalue weighted by Gasteiger charge is 2.51. The molecule has 2 unspecified atom stereocenters. The number of nitrogens with zero attached hydrogens (tertiary/aromatic N) is 2.